The van der Waals surface area contributed by atoms with Crippen molar-refractivity contribution in [3.05, 3.63) is 84.2 Å². The van der Waals surface area contributed by atoms with Crippen LogP contribution in [0, 0.1) is 5.92 Å². The summed E-state index contributed by atoms with van der Waals surface area (Å²) < 4.78 is 8.75. The zero-order valence-corrected chi connectivity index (χ0v) is 28.7. The van der Waals surface area contributed by atoms with Crippen LogP contribution in [-0.4, -0.2) is 70.8 Å². The first-order valence-electron chi connectivity index (χ1n) is 16.9. The van der Waals surface area contributed by atoms with Gasteiger partial charge in [-0.1, -0.05) is 61.4 Å². The van der Waals surface area contributed by atoms with E-state index < -0.39 is 20.0 Å². The summed E-state index contributed by atoms with van der Waals surface area (Å²) in [6.45, 7) is 11.1. The van der Waals surface area contributed by atoms with Crippen molar-refractivity contribution in [1.82, 2.24) is 15.0 Å². The minimum atomic E-state index is -2.86. The summed E-state index contributed by atoms with van der Waals surface area (Å²) in [6, 6.07) is 15.6. The van der Waals surface area contributed by atoms with E-state index in [1.807, 2.05) is 79.6 Å². The standard InChI is InChI=1S/C36H47N5O5Si/c1-5-19-41-31-17-16-27(40-20-12-7-6-11-15-33(40)43)22-29(31)36(35(41)44)25(2)34(47(3,4)45)32(46-36)18-21-39-23-30(37-38-39)28(24-42)26-13-9-8-10-14-26/h5,8-10,13-14,16-17,22-23,25,28,32,34,42,45H,1,6-7,11-12,15,18-21,24H2,2-4H3/t25-,28?,32+,34-,36+/m1/s1. The quantitative estimate of drug-likeness (QED) is 0.229. The number of aliphatic hydroxyl groups excluding tert-OH is 1. The lowest BCUT2D eigenvalue weighted by Gasteiger charge is -2.32. The van der Waals surface area contributed by atoms with Crippen molar-refractivity contribution in [3.63, 3.8) is 0 Å². The number of fused-ring (bicyclic) bond motifs is 2. The Hall–Kier alpha value is -3.64. The van der Waals surface area contributed by atoms with Crippen molar-refractivity contribution in [2.75, 3.05) is 29.5 Å². The number of anilines is 2. The topological polar surface area (TPSA) is 121 Å². The van der Waals surface area contributed by atoms with E-state index in [4.69, 9.17) is 4.74 Å². The normalized spacial score (nSPS) is 25.6. The first-order valence-corrected chi connectivity index (χ1v) is 20.0. The number of benzene rings is 2. The van der Waals surface area contributed by atoms with Crippen LogP contribution in [0.3, 0.4) is 0 Å². The summed E-state index contributed by atoms with van der Waals surface area (Å²) in [5.41, 5.74) is 2.40. The Bertz CT molecular complexity index is 1610. The van der Waals surface area contributed by atoms with E-state index >= 15 is 0 Å². The average molecular weight is 658 g/mol. The highest BCUT2D eigenvalue weighted by atomic mass is 28.4. The number of hydrogen-bond acceptors (Lipinski definition) is 7. The van der Waals surface area contributed by atoms with Crippen LogP contribution < -0.4 is 9.80 Å². The highest BCUT2D eigenvalue weighted by molar-refractivity contribution is 6.71. The molecule has 1 aromatic heterocycles. The molecule has 0 radical (unpaired) electrons. The molecular weight excluding hydrogens is 611 g/mol. The molecule has 2 aromatic carbocycles. The number of aliphatic hydroxyl groups is 1. The maximum atomic E-state index is 14.5. The third kappa shape index (κ3) is 6.10. The summed E-state index contributed by atoms with van der Waals surface area (Å²) in [4.78, 5) is 43.0. The fraction of sp³-hybridized carbons (Fsp3) is 0.500. The SMILES string of the molecule is C=CCN1C(=O)[C@@]2(O[C@@H](CCn3cc(C(CO)c4ccccc4)nn3)[C@H]([Si](C)(C)O)[C@H]2C)c2cc(N3CCCCCCC3=O)ccc21. The molecule has 0 bridgehead atoms. The van der Waals surface area contributed by atoms with Gasteiger partial charge in [-0.15, -0.1) is 11.7 Å². The van der Waals surface area contributed by atoms with Crippen molar-refractivity contribution in [1.29, 1.82) is 0 Å². The highest BCUT2D eigenvalue weighted by Crippen LogP contribution is 2.60. The molecule has 2 fully saturated rings. The molecule has 5 atom stereocenters. The first kappa shape index (κ1) is 33.3. The van der Waals surface area contributed by atoms with Crippen molar-refractivity contribution in [3.8, 4) is 0 Å². The molecule has 3 aliphatic heterocycles. The van der Waals surface area contributed by atoms with Crippen LogP contribution in [0.4, 0.5) is 11.4 Å². The Morgan fingerprint density at radius 2 is 1.89 bits per heavy atom. The predicted molar refractivity (Wildman–Crippen MR) is 184 cm³/mol. The Morgan fingerprint density at radius 3 is 2.62 bits per heavy atom. The van der Waals surface area contributed by atoms with E-state index in [1.165, 1.54) is 0 Å². The minimum Gasteiger partial charge on any atom is -0.432 e. The minimum absolute atomic E-state index is 0.0887. The van der Waals surface area contributed by atoms with Gasteiger partial charge in [-0.05, 0) is 56.1 Å². The smallest absolute Gasteiger partial charge is 0.264 e. The van der Waals surface area contributed by atoms with Crippen LogP contribution in [0.25, 0.3) is 0 Å². The van der Waals surface area contributed by atoms with Gasteiger partial charge in [0.15, 0.2) is 13.9 Å². The fourth-order valence-corrected chi connectivity index (χ4v) is 10.7. The van der Waals surface area contributed by atoms with Crippen molar-refractivity contribution in [2.45, 2.75) is 88.3 Å². The summed E-state index contributed by atoms with van der Waals surface area (Å²) in [5.74, 6) is -0.653. The number of nitrogens with zero attached hydrogens (tertiary/aromatic N) is 5. The lowest BCUT2D eigenvalue weighted by molar-refractivity contribution is -0.145. The van der Waals surface area contributed by atoms with Crippen molar-refractivity contribution >= 4 is 31.5 Å². The van der Waals surface area contributed by atoms with Gasteiger partial charge in [0.2, 0.25) is 5.91 Å². The first-order chi connectivity index (χ1) is 22.6. The molecule has 2 saturated heterocycles. The number of aryl methyl sites for hydroxylation is 1. The molecular formula is C36H47N5O5Si. The molecule has 1 spiro atoms. The second kappa shape index (κ2) is 13.5. The highest BCUT2D eigenvalue weighted by Gasteiger charge is 2.66. The largest absolute Gasteiger partial charge is 0.432 e. The maximum absolute atomic E-state index is 14.5. The van der Waals surface area contributed by atoms with Gasteiger partial charge in [0.1, 0.15) is 0 Å². The zero-order valence-electron chi connectivity index (χ0n) is 27.7. The van der Waals surface area contributed by atoms with Gasteiger partial charge in [-0.2, -0.15) is 0 Å². The number of carbonyl (C=O) groups is 2. The van der Waals surface area contributed by atoms with Gasteiger partial charge < -0.3 is 24.4 Å². The molecule has 10 nitrogen and oxygen atoms in total. The summed E-state index contributed by atoms with van der Waals surface area (Å²) in [6.07, 6.45) is 8.16. The Kier molecular flexibility index (Phi) is 9.53. The summed E-state index contributed by atoms with van der Waals surface area (Å²) >= 11 is 0. The number of rotatable bonds is 10. The molecule has 4 heterocycles. The molecule has 47 heavy (non-hydrogen) atoms. The van der Waals surface area contributed by atoms with Crippen LogP contribution in [0.2, 0.25) is 18.6 Å². The van der Waals surface area contributed by atoms with Crippen LogP contribution in [0.5, 0.6) is 0 Å². The van der Waals surface area contributed by atoms with Crippen molar-refractivity contribution in [2.24, 2.45) is 5.92 Å². The number of amides is 2. The second-order valence-corrected chi connectivity index (χ2v) is 17.8. The van der Waals surface area contributed by atoms with E-state index in [0.717, 1.165) is 48.2 Å². The predicted octanol–water partition coefficient (Wildman–Crippen LogP) is 5.12. The molecule has 0 aliphatic carbocycles. The molecule has 6 rings (SSSR count). The number of aromatic nitrogens is 3. The lowest BCUT2D eigenvalue weighted by Crippen LogP contribution is -2.46. The molecule has 2 N–H and O–H groups in total. The number of hydrogen-bond donors (Lipinski definition) is 2. The summed E-state index contributed by atoms with van der Waals surface area (Å²) in [7, 11) is -2.86. The molecule has 3 aliphatic rings. The molecule has 3 aromatic rings. The Labute approximate surface area is 278 Å². The summed E-state index contributed by atoms with van der Waals surface area (Å²) in [5, 5.41) is 18.9. The van der Waals surface area contributed by atoms with Gasteiger partial charge in [-0.3, -0.25) is 14.3 Å². The van der Waals surface area contributed by atoms with Gasteiger partial charge in [0.25, 0.3) is 5.91 Å². The zero-order chi connectivity index (χ0) is 33.3. The van der Waals surface area contributed by atoms with Gasteiger partial charge in [-0.25, -0.2) is 0 Å². The number of ether oxygens (including phenoxy) is 1. The van der Waals surface area contributed by atoms with Gasteiger partial charge >= 0.3 is 0 Å². The van der Waals surface area contributed by atoms with E-state index in [1.54, 1.807) is 15.7 Å². The van der Waals surface area contributed by atoms with Gasteiger partial charge in [0, 0.05) is 55.0 Å². The van der Waals surface area contributed by atoms with Crippen LogP contribution in [0.15, 0.2) is 67.4 Å². The third-order valence-corrected chi connectivity index (χ3v) is 12.9. The fourth-order valence-electron chi connectivity index (χ4n) is 8.14. The number of carbonyl (C=O) groups excluding carboxylic acids is 2. The average Bonchev–Trinajstić information content (AvgIpc) is 3.69. The van der Waals surface area contributed by atoms with Gasteiger partial charge in [0.05, 0.1) is 30.0 Å². The van der Waals surface area contributed by atoms with E-state index in [-0.39, 0.29) is 35.8 Å². The Morgan fingerprint density at radius 1 is 1.13 bits per heavy atom. The monoisotopic (exact) mass is 657 g/mol. The van der Waals surface area contributed by atoms with E-state index in [2.05, 4.69) is 16.9 Å². The molecule has 2 amide bonds. The molecule has 1 unspecified atom stereocenters. The van der Waals surface area contributed by atoms with E-state index in [0.29, 0.717) is 38.2 Å². The van der Waals surface area contributed by atoms with Crippen LogP contribution >= 0.6 is 0 Å². The van der Waals surface area contributed by atoms with Crippen molar-refractivity contribution < 1.29 is 24.2 Å². The third-order valence-electron chi connectivity index (χ3n) is 10.4. The maximum Gasteiger partial charge on any atom is 0.264 e. The molecule has 0 saturated carbocycles. The van der Waals surface area contributed by atoms with Crippen LogP contribution in [0.1, 0.15) is 68.2 Å². The van der Waals surface area contributed by atoms with E-state index in [9.17, 15) is 19.5 Å². The lowest BCUT2D eigenvalue weighted by atomic mass is 9.82. The van der Waals surface area contributed by atoms with Crippen LogP contribution in [-0.2, 0) is 26.5 Å². The molecule has 250 valence electrons. The molecule has 11 heteroatoms. The second-order valence-electron chi connectivity index (χ2n) is 13.8. The Balaban J connectivity index is 1.32.